The fraction of sp³-hybridized carbons (Fsp3) is 1.00. The van der Waals surface area contributed by atoms with E-state index in [-0.39, 0.29) is 0 Å². The zero-order valence-corrected chi connectivity index (χ0v) is 12.3. The molecule has 0 aliphatic carbocycles. The van der Waals surface area contributed by atoms with Gasteiger partial charge >= 0.3 is 0 Å². The number of rotatable bonds is 9. The maximum absolute atomic E-state index is 11.3. The van der Waals surface area contributed by atoms with Gasteiger partial charge in [-0.3, -0.25) is 0 Å². The van der Waals surface area contributed by atoms with Crippen LogP contribution in [0.3, 0.4) is 0 Å². The topological polar surface area (TPSA) is 58.6 Å². The van der Waals surface area contributed by atoms with Crippen molar-refractivity contribution in [1.82, 2.24) is 10.2 Å². The van der Waals surface area contributed by atoms with Gasteiger partial charge < -0.3 is 15.0 Å². The summed E-state index contributed by atoms with van der Waals surface area (Å²) in [4.78, 5) is 2.25. The number of nitrogens with zero attached hydrogens (tertiary/aromatic N) is 1. The first-order valence-electron chi connectivity index (χ1n) is 6.62. The highest BCUT2D eigenvalue weighted by molar-refractivity contribution is 7.91. The van der Waals surface area contributed by atoms with Crippen LogP contribution in [-0.2, 0) is 14.6 Å². The number of methoxy groups -OCH3 is 1. The van der Waals surface area contributed by atoms with Crippen molar-refractivity contribution in [2.45, 2.75) is 12.8 Å². The van der Waals surface area contributed by atoms with Gasteiger partial charge in [0, 0.05) is 26.7 Å². The van der Waals surface area contributed by atoms with Crippen molar-refractivity contribution in [3.63, 3.8) is 0 Å². The van der Waals surface area contributed by atoms with E-state index in [1.54, 1.807) is 7.11 Å². The van der Waals surface area contributed by atoms with E-state index in [9.17, 15) is 8.42 Å². The third-order valence-corrected chi connectivity index (χ3v) is 5.24. The number of nitrogens with one attached hydrogen (secondary N) is 1. The molecule has 18 heavy (non-hydrogen) atoms. The lowest BCUT2D eigenvalue weighted by Gasteiger charge is -2.18. The molecule has 0 spiro atoms. The Morgan fingerprint density at radius 2 is 2.11 bits per heavy atom. The first kappa shape index (κ1) is 15.9. The van der Waals surface area contributed by atoms with Crippen molar-refractivity contribution in [3.8, 4) is 0 Å². The van der Waals surface area contributed by atoms with Crippen LogP contribution in [-0.4, -0.2) is 71.8 Å². The molecular weight excluding hydrogens is 252 g/mol. The minimum atomic E-state index is -2.72. The Bertz CT molecular complexity index is 319. The van der Waals surface area contributed by atoms with Gasteiger partial charge in [-0.2, -0.15) is 0 Å². The number of hydrogen-bond acceptors (Lipinski definition) is 5. The summed E-state index contributed by atoms with van der Waals surface area (Å²) in [7, 11) is 1.07. The Morgan fingerprint density at radius 1 is 1.33 bits per heavy atom. The van der Waals surface area contributed by atoms with Gasteiger partial charge in [0.2, 0.25) is 0 Å². The highest BCUT2D eigenvalue weighted by atomic mass is 32.2. The van der Waals surface area contributed by atoms with Crippen LogP contribution in [0.1, 0.15) is 12.8 Å². The summed E-state index contributed by atoms with van der Waals surface area (Å²) in [6.07, 6.45) is 1.84. The van der Waals surface area contributed by atoms with Crippen molar-refractivity contribution in [2.75, 3.05) is 58.4 Å². The maximum Gasteiger partial charge on any atom is 0.150 e. The molecule has 1 atom stereocenters. The summed E-state index contributed by atoms with van der Waals surface area (Å²) >= 11 is 0. The molecule has 1 saturated heterocycles. The van der Waals surface area contributed by atoms with Gasteiger partial charge in [0.1, 0.15) is 0 Å². The third kappa shape index (κ3) is 6.68. The Labute approximate surface area is 111 Å². The van der Waals surface area contributed by atoms with E-state index in [0.29, 0.717) is 17.4 Å². The van der Waals surface area contributed by atoms with Gasteiger partial charge in [-0.1, -0.05) is 0 Å². The molecule has 108 valence electrons. The SMILES string of the molecule is COCCNCCN(C)CCC1CCS(=O)(=O)C1. The summed E-state index contributed by atoms with van der Waals surface area (Å²) in [5, 5.41) is 3.30. The van der Waals surface area contributed by atoms with Crippen LogP contribution in [0, 0.1) is 5.92 Å². The first-order chi connectivity index (χ1) is 8.53. The quantitative estimate of drug-likeness (QED) is 0.601. The molecule has 1 aliphatic rings. The molecule has 1 heterocycles. The van der Waals surface area contributed by atoms with E-state index < -0.39 is 9.84 Å². The molecule has 1 fully saturated rings. The molecule has 0 aromatic heterocycles. The number of likely N-dealkylation sites (N-methyl/N-ethyl adjacent to an activating group) is 1. The lowest BCUT2D eigenvalue weighted by Crippen LogP contribution is -2.32. The van der Waals surface area contributed by atoms with E-state index in [1.807, 2.05) is 0 Å². The lowest BCUT2D eigenvalue weighted by molar-refractivity contribution is 0.197. The second-order valence-corrected chi connectivity index (χ2v) is 7.33. The number of hydrogen-bond donors (Lipinski definition) is 1. The first-order valence-corrected chi connectivity index (χ1v) is 8.44. The Kier molecular flexibility index (Phi) is 7.14. The maximum atomic E-state index is 11.3. The summed E-state index contributed by atoms with van der Waals surface area (Å²) in [5.74, 6) is 1.16. The second-order valence-electron chi connectivity index (χ2n) is 5.10. The molecule has 0 aromatic rings. The fourth-order valence-electron chi connectivity index (χ4n) is 2.18. The van der Waals surface area contributed by atoms with E-state index in [1.165, 1.54) is 0 Å². The van der Waals surface area contributed by atoms with Gasteiger partial charge in [0.25, 0.3) is 0 Å². The van der Waals surface area contributed by atoms with E-state index in [2.05, 4.69) is 17.3 Å². The largest absolute Gasteiger partial charge is 0.383 e. The van der Waals surface area contributed by atoms with Crippen LogP contribution in [0.2, 0.25) is 0 Å². The monoisotopic (exact) mass is 278 g/mol. The standard InChI is InChI=1S/C12H26N2O3S/c1-14(8-5-13-6-9-17-2)7-3-12-4-10-18(15,16)11-12/h12-13H,3-11H2,1-2H3. The Morgan fingerprint density at radius 3 is 2.72 bits per heavy atom. The molecule has 0 aromatic carbocycles. The van der Waals surface area contributed by atoms with Gasteiger partial charge in [-0.15, -0.1) is 0 Å². The van der Waals surface area contributed by atoms with Crippen molar-refractivity contribution in [1.29, 1.82) is 0 Å². The van der Waals surface area contributed by atoms with Crippen LogP contribution in [0.25, 0.3) is 0 Å². The van der Waals surface area contributed by atoms with Gasteiger partial charge in [0.05, 0.1) is 18.1 Å². The number of sulfone groups is 1. The van der Waals surface area contributed by atoms with Crippen LogP contribution in [0.15, 0.2) is 0 Å². The predicted molar refractivity (Wildman–Crippen MR) is 73.6 cm³/mol. The van der Waals surface area contributed by atoms with Crippen LogP contribution in [0.5, 0.6) is 0 Å². The highest BCUT2D eigenvalue weighted by Gasteiger charge is 2.27. The third-order valence-electron chi connectivity index (χ3n) is 3.40. The van der Waals surface area contributed by atoms with Gasteiger partial charge in [0.15, 0.2) is 9.84 Å². The molecule has 0 saturated carbocycles. The minimum absolute atomic E-state index is 0.374. The molecule has 0 amide bonds. The Balaban J connectivity index is 2.02. The molecule has 1 N–H and O–H groups in total. The summed E-state index contributed by atoms with van der Waals surface area (Å²) in [5.41, 5.74) is 0. The Hall–Kier alpha value is -0.170. The molecule has 1 aliphatic heterocycles. The molecule has 0 radical (unpaired) electrons. The van der Waals surface area contributed by atoms with Crippen LogP contribution in [0.4, 0.5) is 0 Å². The zero-order valence-electron chi connectivity index (χ0n) is 11.5. The minimum Gasteiger partial charge on any atom is -0.383 e. The molecule has 1 rings (SSSR count). The average Bonchev–Trinajstić information content (AvgIpc) is 2.66. The molecular formula is C12H26N2O3S. The van der Waals surface area contributed by atoms with Crippen molar-refractivity contribution in [2.24, 2.45) is 5.92 Å². The summed E-state index contributed by atoms with van der Waals surface area (Å²) in [6, 6.07) is 0. The predicted octanol–water partition coefficient (Wildman–Crippen LogP) is -0.0210. The highest BCUT2D eigenvalue weighted by Crippen LogP contribution is 2.21. The average molecular weight is 278 g/mol. The van der Waals surface area contributed by atoms with Gasteiger partial charge in [-0.05, 0) is 32.4 Å². The molecule has 5 nitrogen and oxygen atoms in total. The second kappa shape index (κ2) is 8.09. The zero-order chi connectivity index (χ0) is 13.4. The number of ether oxygens (including phenoxy) is 1. The summed E-state index contributed by atoms with van der Waals surface area (Å²) < 4.78 is 27.6. The van der Waals surface area contributed by atoms with Crippen molar-refractivity contribution in [3.05, 3.63) is 0 Å². The molecule has 0 bridgehead atoms. The van der Waals surface area contributed by atoms with Crippen molar-refractivity contribution < 1.29 is 13.2 Å². The van der Waals surface area contributed by atoms with E-state index in [0.717, 1.165) is 45.6 Å². The van der Waals surface area contributed by atoms with E-state index in [4.69, 9.17) is 4.74 Å². The summed E-state index contributed by atoms with van der Waals surface area (Å²) in [6.45, 7) is 4.53. The van der Waals surface area contributed by atoms with Crippen LogP contribution < -0.4 is 5.32 Å². The van der Waals surface area contributed by atoms with Crippen molar-refractivity contribution >= 4 is 9.84 Å². The lowest BCUT2D eigenvalue weighted by atomic mass is 10.1. The van der Waals surface area contributed by atoms with E-state index >= 15 is 0 Å². The normalized spacial score (nSPS) is 22.7. The smallest absolute Gasteiger partial charge is 0.150 e. The molecule has 6 heteroatoms. The van der Waals surface area contributed by atoms with Gasteiger partial charge in [-0.25, -0.2) is 8.42 Å². The van der Waals surface area contributed by atoms with Crippen LogP contribution >= 0.6 is 0 Å². The molecule has 1 unspecified atom stereocenters. The fourth-order valence-corrected chi connectivity index (χ4v) is 4.09.